The van der Waals surface area contributed by atoms with Crippen LogP contribution in [0.2, 0.25) is 0 Å². The third kappa shape index (κ3) is 4.35. The molecule has 3 nitrogen and oxygen atoms in total. The lowest BCUT2D eigenvalue weighted by Crippen LogP contribution is -2.05. The summed E-state index contributed by atoms with van der Waals surface area (Å²) in [5.41, 5.74) is 2.40. The topological polar surface area (TPSA) is 52.8 Å². The van der Waals surface area contributed by atoms with Crippen LogP contribution in [0.15, 0.2) is 53.5 Å². The Morgan fingerprint density at radius 2 is 1.73 bits per heavy atom. The minimum absolute atomic E-state index is 0.0520. The highest BCUT2D eigenvalue weighted by Gasteiger charge is 2.11. The largest absolute Gasteiger partial charge is 0.508 e. The fraction of sp³-hybridized carbons (Fsp3) is 0.316. The first-order valence-electron chi connectivity index (χ1n) is 7.84. The molecule has 116 valence electrons. The van der Waals surface area contributed by atoms with Crippen LogP contribution in [0, 0.1) is 0 Å². The van der Waals surface area contributed by atoms with E-state index >= 15 is 0 Å². The molecule has 0 bridgehead atoms. The number of phenolic OH excluding ortho intramolecular Hbond substituents is 2. The summed E-state index contributed by atoms with van der Waals surface area (Å²) in [6.07, 6.45) is 4.64. The van der Waals surface area contributed by atoms with Gasteiger partial charge in [-0.15, -0.1) is 0 Å². The van der Waals surface area contributed by atoms with Gasteiger partial charge in [0, 0.05) is 23.7 Å². The van der Waals surface area contributed by atoms with Gasteiger partial charge in [0.2, 0.25) is 0 Å². The van der Waals surface area contributed by atoms with Crippen LogP contribution in [0.25, 0.3) is 0 Å². The minimum atomic E-state index is 0.0520. The molecule has 0 radical (unpaired) electrons. The molecule has 3 heteroatoms. The van der Waals surface area contributed by atoms with E-state index in [0.29, 0.717) is 5.56 Å². The summed E-state index contributed by atoms with van der Waals surface area (Å²) in [5, 5.41) is 19.6. The Balaban J connectivity index is 2.27. The molecule has 0 amide bonds. The molecule has 2 aromatic rings. The average molecular weight is 297 g/mol. The van der Waals surface area contributed by atoms with Gasteiger partial charge in [-0.25, -0.2) is 0 Å². The number of hydrogen-bond acceptors (Lipinski definition) is 3. The van der Waals surface area contributed by atoms with Gasteiger partial charge in [-0.3, -0.25) is 4.99 Å². The number of hydrogen-bond donors (Lipinski definition) is 2. The second-order valence-electron chi connectivity index (χ2n) is 5.36. The fourth-order valence-electron chi connectivity index (χ4n) is 2.38. The zero-order valence-electron chi connectivity index (χ0n) is 13.0. The number of aliphatic imine (C=N–C) groups is 1. The van der Waals surface area contributed by atoms with Gasteiger partial charge in [-0.05, 0) is 18.6 Å². The number of nitrogens with zero attached hydrogens (tertiary/aromatic N) is 1. The molecule has 2 aromatic carbocycles. The Hall–Kier alpha value is -2.29. The molecule has 0 saturated heterocycles. The van der Waals surface area contributed by atoms with E-state index in [0.717, 1.165) is 24.2 Å². The fourth-order valence-corrected chi connectivity index (χ4v) is 2.38. The molecular weight excluding hydrogens is 274 g/mol. The van der Waals surface area contributed by atoms with Crippen molar-refractivity contribution in [2.45, 2.75) is 32.6 Å². The van der Waals surface area contributed by atoms with Gasteiger partial charge in [-0.2, -0.15) is 0 Å². The second-order valence-corrected chi connectivity index (χ2v) is 5.36. The Morgan fingerprint density at radius 1 is 0.955 bits per heavy atom. The molecule has 0 aromatic heterocycles. The Morgan fingerprint density at radius 3 is 2.41 bits per heavy atom. The Labute approximate surface area is 132 Å². The first-order chi connectivity index (χ1) is 10.7. The van der Waals surface area contributed by atoms with Gasteiger partial charge in [0.25, 0.3) is 0 Å². The van der Waals surface area contributed by atoms with Crippen LogP contribution in [-0.2, 0) is 0 Å². The maximum absolute atomic E-state index is 10.1. The van der Waals surface area contributed by atoms with E-state index in [1.54, 1.807) is 12.1 Å². The van der Waals surface area contributed by atoms with Crippen molar-refractivity contribution in [3.63, 3.8) is 0 Å². The summed E-state index contributed by atoms with van der Waals surface area (Å²) in [5.74, 6) is 0.104. The maximum Gasteiger partial charge on any atom is 0.128 e. The normalized spacial score (nSPS) is 11.6. The standard InChI is InChI=1S/C19H23NO2/c1-2-3-4-8-13-20-19(15-9-6-5-7-10-15)17-12-11-16(21)14-18(17)22/h5-7,9-12,14,21-22H,2-4,8,13H2,1H3. The average Bonchev–Trinajstić information content (AvgIpc) is 2.53. The molecule has 0 spiro atoms. The highest BCUT2D eigenvalue weighted by molar-refractivity contribution is 6.14. The summed E-state index contributed by atoms with van der Waals surface area (Å²) in [6, 6.07) is 14.5. The van der Waals surface area contributed by atoms with Crippen molar-refractivity contribution in [3.05, 3.63) is 59.7 Å². The van der Waals surface area contributed by atoms with Crippen LogP contribution in [0.5, 0.6) is 11.5 Å². The van der Waals surface area contributed by atoms with E-state index in [4.69, 9.17) is 4.99 Å². The molecular formula is C19H23NO2. The first-order valence-corrected chi connectivity index (χ1v) is 7.84. The molecule has 0 aliphatic rings. The van der Waals surface area contributed by atoms with Crippen molar-refractivity contribution >= 4 is 5.71 Å². The summed E-state index contributed by atoms with van der Waals surface area (Å²) >= 11 is 0. The van der Waals surface area contributed by atoms with Crippen LogP contribution < -0.4 is 0 Å². The van der Waals surface area contributed by atoms with E-state index in [-0.39, 0.29) is 11.5 Å². The van der Waals surface area contributed by atoms with Gasteiger partial charge in [-0.1, -0.05) is 56.5 Å². The monoisotopic (exact) mass is 297 g/mol. The number of aromatic hydroxyl groups is 2. The second kappa shape index (κ2) is 8.23. The highest BCUT2D eigenvalue weighted by Crippen LogP contribution is 2.25. The van der Waals surface area contributed by atoms with Crippen molar-refractivity contribution in [2.24, 2.45) is 4.99 Å². The third-order valence-electron chi connectivity index (χ3n) is 3.57. The van der Waals surface area contributed by atoms with Crippen LogP contribution >= 0.6 is 0 Å². The molecule has 0 atom stereocenters. The highest BCUT2D eigenvalue weighted by atomic mass is 16.3. The summed E-state index contributed by atoms with van der Waals surface area (Å²) < 4.78 is 0. The van der Waals surface area contributed by atoms with Crippen LogP contribution in [0.3, 0.4) is 0 Å². The quantitative estimate of drug-likeness (QED) is 0.583. The van der Waals surface area contributed by atoms with Crippen LogP contribution in [-0.4, -0.2) is 22.5 Å². The smallest absolute Gasteiger partial charge is 0.128 e. The van der Waals surface area contributed by atoms with E-state index in [9.17, 15) is 10.2 Å². The minimum Gasteiger partial charge on any atom is -0.508 e. The lowest BCUT2D eigenvalue weighted by Gasteiger charge is -2.10. The lowest BCUT2D eigenvalue weighted by atomic mass is 10.0. The Kier molecular flexibility index (Phi) is 6.01. The zero-order valence-corrected chi connectivity index (χ0v) is 13.0. The number of rotatable bonds is 7. The molecule has 0 aliphatic carbocycles. The zero-order chi connectivity index (χ0) is 15.8. The summed E-state index contributed by atoms with van der Waals surface area (Å²) in [6.45, 7) is 2.93. The molecule has 0 fully saturated rings. The molecule has 0 aliphatic heterocycles. The molecule has 22 heavy (non-hydrogen) atoms. The lowest BCUT2D eigenvalue weighted by molar-refractivity contribution is 0.450. The maximum atomic E-state index is 10.1. The Bertz CT molecular complexity index is 621. The van der Waals surface area contributed by atoms with Crippen LogP contribution in [0.4, 0.5) is 0 Å². The van der Waals surface area contributed by atoms with Crippen LogP contribution in [0.1, 0.15) is 43.7 Å². The molecule has 2 N–H and O–H groups in total. The number of phenols is 2. The molecule has 0 saturated carbocycles. The van der Waals surface area contributed by atoms with E-state index < -0.39 is 0 Å². The third-order valence-corrected chi connectivity index (χ3v) is 3.57. The van der Waals surface area contributed by atoms with Crippen molar-refractivity contribution in [2.75, 3.05) is 6.54 Å². The SMILES string of the molecule is CCCCCCN=C(c1ccccc1)c1ccc(O)cc1O. The first kappa shape index (κ1) is 16.1. The van der Waals surface area contributed by atoms with Crippen molar-refractivity contribution in [1.82, 2.24) is 0 Å². The van der Waals surface area contributed by atoms with Crippen molar-refractivity contribution < 1.29 is 10.2 Å². The van der Waals surface area contributed by atoms with Gasteiger partial charge < -0.3 is 10.2 Å². The molecule has 2 rings (SSSR count). The van der Waals surface area contributed by atoms with Crippen molar-refractivity contribution in [3.8, 4) is 11.5 Å². The van der Waals surface area contributed by atoms with Gasteiger partial charge in [0.15, 0.2) is 0 Å². The van der Waals surface area contributed by atoms with Gasteiger partial charge in [0.05, 0.1) is 5.71 Å². The van der Waals surface area contributed by atoms with E-state index in [2.05, 4.69) is 6.92 Å². The summed E-state index contributed by atoms with van der Waals surface area (Å²) in [4.78, 5) is 4.70. The molecule has 0 heterocycles. The van der Waals surface area contributed by atoms with Gasteiger partial charge >= 0.3 is 0 Å². The van der Waals surface area contributed by atoms with Crippen molar-refractivity contribution in [1.29, 1.82) is 0 Å². The summed E-state index contributed by atoms with van der Waals surface area (Å²) in [7, 11) is 0. The van der Waals surface area contributed by atoms with E-state index in [1.807, 2.05) is 30.3 Å². The predicted molar refractivity (Wildman–Crippen MR) is 90.9 cm³/mol. The number of benzene rings is 2. The van der Waals surface area contributed by atoms with E-state index in [1.165, 1.54) is 25.3 Å². The molecule has 0 unspecified atom stereocenters. The predicted octanol–water partition coefficient (Wildman–Crippen LogP) is 4.52. The van der Waals surface area contributed by atoms with Gasteiger partial charge in [0.1, 0.15) is 11.5 Å². The number of unbranched alkanes of at least 4 members (excludes halogenated alkanes) is 3.